The largest absolute Gasteiger partial charge is 0.287 e. The van der Waals surface area contributed by atoms with Gasteiger partial charge in [-0.25, -0.2) is 4.39 Å². The number of halogens is 1. The molecule has 1 aromatic rings. The maximum Gasteiger partial charge on any atom is 0.252 e. The van der Waals surface area contributed by atoms with E-state index in [1.807, 2.05) is 13.8 Å². The Bertz CT molecular complexity index is 317. The Labute approximate surface area is 70.6 Å². The molecule has 1 aromatic heterocycles. The minimum atomic E-state index is -0.753. The first-order valence-electron chi connectivity index (χ1n) is 3.91. The second kappa shape index (κ2) is 3.52. The summed E-state index contributed by atoms with van der Waals surface area (Å²) in [5.74, 6) is 0.312. The van der Waals surface area contributed by atoms with Crippen molar-refractivity contribution in [3.8, 4) is 0 Å². The fourth-order valence-electron chi connectivity index (χ4n) is 0.981. The fourth-order valence-corrected chi connectivity index (χ4v) is 0.981. The van der Waals surface area contributed by atoms with Crippen molar-refractivity contribution in [3.05, 3.63) is 34.2 Å². The predicted octanol–water partition coefficient (Wildman–Crippen LogP) is 1.90. The molecule has 0 amide bonds. The molecule has 0 unspecified atom stereocenters. The molecule has 0 spiro atoms. The second-order valence-corrected chi connectivity index (χ2v) is 3.04. The van der Waals surface area contributed by atoms with Crippen molar-refractivity contribution < 1.29 is 4.39 Å². The molecule has 0 bridgehead atoms. The van der Waals surface area contributed by atoms with E-state index in [1.165, 1.54) is 12.3 Å². The summed E-state index contributed by atoms with van der Waals surface area (Å²) in [6, 6.07) is 3.25. The summed E-state index contributed by atoms with van der Waals surface area (Å²) in [4.78, 5) is 11.1. The van der Waals surface area contributed by atoms with E-state index in [4.69, 9.17) is 0 Å². The Morgan fingerprint density at radius 2 is 2.25 bits per heavy atom. The van der Waals surface area contributed by atoms with Crippen molar-refractivity contribution in [2.45, 2.75) is 26.6 Å². The molecule has 0 aromatic carbocycles. The van der Waals surface area contributed by atoms with E-state index in [9.17, 15) is 9.18 Å². The van der Waals surface area contributed by atoms with Gasteiger partial charge in [0, 0.05) is 12.3 Å². The van der Waals surface area contributed by atoms with E-state index in [0.29, 0.717) is 5.92 Å². The third kappa shape index (κ3) is 1.72. The Balaban J connectivity index is 3.11. The van der Waals surface area contributed by atoms with E-state index < -0.39 is 6.80 Å². The molecule has 0 fully saturated rings. The van der Waals surface area contributed by atoms with Gasteiger partial charge in [0.25, 0.3) is 5.56 Å². The molecule has 0 saturated heterocycles. The van der Waals surface area contributed by atoms with E-state index in [-0.39, 0.29) is 5.56 Å². The Morgan fingerprint density at radius 3 is 2.67 bits per heavy atom. The van der Waals surface area contributed by atoms with Gasteiger partial charge in [0.1, 0.15) is 0 Å². The highest BCUT2D eigenvalue weighted by molar-refractivity contribution is 5.14. The predicted molar refractivity (Wildman–Crippen MR) is 45.9 cm³/mol. The van der Waals surface area contributed by atoms with Gasteiger partial charge in [-0.1, -0.05) is 13.8 Å². The number of nitrogens with zero attached hydrogens (tertiary/aromatic N) is 1. The van der Waals surface area contributed by atoms with Crippen molar-refractivity contribution >= 4 is 0 Å². The third-order valence-electron chi connectivity index (χ3n) is 1.82. The lowest BCUT2D eigenvalue weighted by atomic mass is 10.1. The van der Waals surface area contributed by atoms with Gasteiger partial charge in [0.05, 0.1) is 0 Å². The molecule has 0 atom stereocenters. The highest BCUT2D eigenvalue weighted by Crippen LogP contribution is 2.10. The topological polar surface area (TPSA) is 22.0 Å². The highest BCUT2D eigenvalue weighted by Gasteiger charge is 2.00. The van der Waals surface area contributed by atoms with Crippen molar-refractivity contribution in [2.75, 3.05) is 0 Å². The van der Waals surface area contributed by atoms with Crippen LogP contribution in [0.2, 0.25) is 0 Å². The molecule has 3 heteroatoms. The van der Waals surface area contributed by atoms with Crippen LogP contribution >= 0.6 is 0 Å². The highest BCUT2D eigenvalue weighted by atomic mass is 19.1. The van der Waals surface area contributed by atoms with Gasteiger partial charge in [-0.2, -0.15) is 0 Å². The summed E-state index contributed by atoms with van der Waals surface area (Å²) in [7, 11) is 0. The van der Waals surface area contributed by atoms with Crippen LogP contribution in [0.4, 0.5) is 4.39 Å². The number of hydrogen-bond acceptors (Lipinski definition) is 1. The molecule has 12 heavy (non-hydrogen) atoms. The van der Waals surface area contributed by atoms with Crippen molar-refractivity contribution in [2.24, 2.45) is 0 Å². The molecule has 1 heterocycles. The zero-order valence-electron chi connectivity index (χ0n) is 7.25. The number of rotatable bonds is 2. The molecule has 66 valence electrons. The monoisotopic (exact) mass is 169 g/mol. The van der Waals surface area contributed by atoms with Crippen LogP contribution in [-0.2, 0) is 6.80 Å². The maximum absolute atomic E-state index is 12.1. The van der Waals surface area contributed by atoms with Crippen LogP contribution in [0.1, 0.15) is 25.3 Å². The first kappa shape index (κ1) is 8.97. The Hall–Kier alpha value is -1.12. The molecule has 1 rings (SSSR count). The fraction of sp³-hybridized carbons (Fsp3) is 0.444. The lowest BCUT2D eigenvalue weighted by molar-refractivity contribution is 0.368. The van der Waals surface area contributed by atoms with Crippen LogP contribution in [0.25, 0.3) is 0 Å². The van der Waals surface area contributed by atoms with Gasteiger partial charge in [-0.05, 0) is 17.5 Å². The number of hydrogen-bond donors (Lipinski definition) is 0. The quantitative estimate of drug-likeness (QED) is 0.662. The first-order chi connectivity index (χ1) is 5.65. The summed E-state index contributed by atoms with van der Waals surface area (Å²) in [5.41, 5.74) is 0.674. The summed E-state index contributed by atoms with van der Waals surface area (Å²) in [6.07, 6.45) is 1.48. The van der Waals surface area contributed by atoms with E-state index in [0.717, 1.165) is 10.1 Å². The molecule has 0 saturated carbocycles. The zero-order chi connectivity index (χ0) is 9.14. The summed E-state index contributed by atoms with van der Waals surface area (Å²) in [5, 5.41) is 0. The molecule has 0 N–H and O–H groups in total. The molecular weight excluding hydrogens is 157 g/mol. The van der Waals surface area contributed by atoms with E-state index >= 15 is 0 Å². The molecule has 2 nitrogen and oxygen atoms in total. The SMILES string of the molecule is CC(C)c1ccn(CF)c(=O)c1. The minimum Gasteiger partial charge on any atom is -0.287 e. The van der Waals surface area contributed by atoms with Gasteiger partial charge >= 0.3 is 0 Å². The molecule has 0 aliphatic heterocycles. The average Bonchev–Trinajstić information content (AvgIpc) is 2.04. The third-order valence-corrected chi connectivity index (χ3v) is 1.82. The second-order valence-electron chi connectivity index (χ2n) is 3.04. The summed E-state index contributed by atoms with van der Waals surface area (Å²) in [6.45, 7) is 3.24. The van der Waals surface area contributed by atoms with Crippen LogP contribution in [0.15, 0.2) is 23.1 Å². The van der Waals surface area contributed by atoms with Crippen molar-refractivity contribution in [1.82, 2.24) is 4.57 Å². The minimum absolute atomic E-state index is 0.274. The Morgan fingerprint density at radius 1 is 1.58 bits per heavy atom. The average molecular weight is 169 g/mol. The molecule has 0 aliphatic carbocycles. The van der Waals surface area contributed by atoms with Gasteiger partial charge in [0.15, 0.2) is 6.80 Å². The molecule has 0 aliphatic rings. The van der Waals surface area contributed by atoms with Gasteiger partial charge in [0.2, 0.25) is 0 Å². The van der Waals surface area contributed by atoms with Gasteiger partial charge < -0.3 is 0 Å². The maximum atomic E-state index is 12.1. The van der Waals surface area contributed by atoms with Crippen LogP contribution < -0.4 is 5.56 Å². The van der Waals surface area contributed by atoms with Gasteiger partial charge in [-0.3, -0.25) is 9.36 Å². The summed E-state index contributed by atoms with van der Waals surface area (Å²) >= 11 is 0. The summed E-state index contributed by atoms with van der Waals surface area (Å²) < 4.78 is 13.1. The normalized spacial score (nSPS) is 10.7. The van der Waals surface area contributed by atoms with Crippen LogP contribution in [-0.4, -0.2) is 4.57 Å². The van der Waals surface area contributed by atoms with Crippen LogP contribution in [0.3, 0.4) is 0 Å². The smallest absolute Gasteiger partial charge is 0.252 e. The first-order valence-corrected chi connectivity index (χ1v) is 3.91. The molecular formula is C9H12FNO. The van der Waals surface area contributed by atoms with Crippen LogP contribution in [0.5, 0.6) is 0 Å². The number of aromatic nitrogens is 1. The Kier molecular flexibility index (Phi) is 2.63. The lowest BCUT2D eigenvalue weighted by Crippen LogP contribution is -2.17. The lowest BCUT2D eigenvalue weighted by Gasteiger charge is -2.05. The van der Waals surface area contributed by atoms with Crippen molar-refractivity contribution in [3.63, 3.8) is 0 Å². The number of alkyl halides is 1. The zero-order valence-corrected chi connectivity index (χ0v) is 7.25. The van der Waals surface area contributed by atoms with Crippen molar-refractivity contribution in [1.29, 1.82) is 0 Å². The standard InChI is InChI=1S/C9H12FNO/c1-7(2)8-3-4-11(6-10)9(12)5-8/h3-5,7H,6H2,1-2H3. The number of pyridine rings is 1. The van der Waals surface area contributed by atoms with E-state index in [1.54, 1.807) is 6.07 Å². The van der Waals surface area contributed by atoms with E-state index in [2.05, 4.69) is 0 Å². The molecule has 0 radical (unpaired) electrons. The van der Waals surface area contributed by atoms with Gasteiger partial charge in [-0.15, -0.1) is 0 Å². The van der Waals surface area contributed by atoms with Crippen LogP contribution in [0, 0.1) is 0 Å².